The van der Waals surface area contributed by atoms with Gasteiger partial charge in [0.1, 0.15) is 0 Å². The van der Waals surface area contributed by atoms with Gasteiger partial charge in [0, 0.05) is 0 Å². The molecule has 0 bridgehead atoms. The third-order valence-corrected chi connectivity index (χ3v) is 3.85. The molecular weight excluding hydrogens is 218 g/mol. The van der Waals surface area contributed by atoms with Crippen molar-refractivity contribution < 1.29 is 0 Å². The maximum atomic E-state index is 8.61. The topological polar surface area (TPSA) is 48.2 Å². The van der Waals surface area contributed by atoms with Crippen molar-refractivity contribution in [2.45, 2.75) is 51.5 Å². The van der Waals surface area contributed by atoms with Crippen LogP contribution in [-0.4, -0.2) is 17.5 Å². The molecule has 1 aliphatic rings. The van der Waals surface area contributed by atoms with Gasteiger partial charge < -0.3 is 0 Å². The normalized spacial score (nSPS) is 20.2. The van der Waals surface area contributed by atoms with E-state index in [0.717, 1.165) is 17.5 Å². The minimum absolute atomic E-state index is 0.392. The van der Waals surface area contributed by atoms with E-state index >= 15 is 0 Å². The molecule has 1 N–H and O–H groups in total. The minimum atomic E-state index is 0.392. The molecule has 0 saturated heterocycles. The number of amidine groups is 1. The lowest BCUT2D eigenvalue weighted by molar-refractivity contribution is 0.301. The summed E-state index contributed by atoms with van der Waals surface area (Å²) in [5.41, 5.74) is 0. The van der Waals surface area contributed by atoms with E-state index in [2.05, 4.69) is 17.2 Å². The van der Waals surface area contributed by atoms with Crippen LogP contribution < -0.4 is 5.32 Å². The zero-order chi connectivity index (χ0) is 11.8. The van der Waals surface area contributed by atoms with Crippen LogP contribution in [0.15, 0.2) is 4.99 Å². The Balaban J connectivity index is 2.61. The van der Waals surface area contributed by atoms with E-state index in [4.69, 9.17) is 5.26 Å². The van der Waals surface area contributed by atoms with Gasteiger partial charge in [0.25, 0.3) is 0 Å². The Morgan fingerprint density at radius 1 is 1.50 bits per heavy atom. The lowest BCUT2D eigenvalue weighted by atomic mass is 9.83. The zero-order valence-electron chi connectivity index (χ0n) is 10.2. The van der Waals surface area contributed by atoms with E-state index in [9.17, 15) is 0 Å². The van der Waals surface area contributed by atoms with E-state index in [1.54, 1.807) is 0 Å². The molecule has 1 fully saturated rings. The Bertz CT molecular complexity index is 264. The van der Waals surface area contributed by atoms with Crippen LogP contribution >= 0.6 is 11.8 Å². The molecule has 0 aromatic heterocycles. The molecule has 0 aromatic rings. The smallest absolute Gasteiger partial charge is 0.183 e. The molecule has 0 radical (unpaired) electrons. The summed E-state index contributed by atoms with van der Waals surface area (Å²) in [6.45, 7) is 2.19. The molecule has 4 heteroatoms. The summed E-state index contributed by atoms with van der Waals surface area (Å²) in [6.07, 6.45) is 11.6. The first-order valence-corrected chi connectivity index (χ1v) is 7.31. The highest BCUT2D eigenvalue weighted by atomic mass is 32.2. The Morgan fingerprint density at radius 3 is 2.69 bits per heavy atom. The highest BCUT2D eigenvalue weighted by Gasteiger charge is 2.22. The molecule has 0 spiro atoms. The van der Waals surface area contributed by atoms with Crippen molar-refractivity contribution in [3.8, 4) is 6.19 Å². The summed E-state index contributed by atoms with van der Waals surface area (Å²) >= 11 is 1.52. The quantitative estimate of drug-likeness (QED) is 0.356. The molecule has 1 atom stereocenters. The maximum Gasteiger partial charge on any atom is 0.183 e. The van der Waals surface area contributed by atoms with Crippen LogP contribution in [0.5, 0.6) is 0 Å². The standard InChI is InChI=1S/C12H21N3S/c1-3-11(10-7-5-4-6-8-10)15-12(16-2)14-9-13/h10-11H,3-8H2,1-2H3,(H,14,15). The highest BCUT2D eigenvalue weighted by Crippen LogP contribution is 2.29. The van der Waals surface area contributed by atoms with Gasteiger partial charge in [-0.05, 0) is 31.4 Å². The monoisotopic (exact) mass is 239 g/mol. The van der Waals surface area contributed by atoms with Gasteiger partial charge in [0.05, 0.1) is 6.04 Å². The average molecular weight is 239 g/mol. The van der Waals surface area contributed by atoms with Crippen molar-refractivity contribution in [3.63, 3.8) is 0 Å². The van der Waals surface area contributed by atoms with E-state index in [-0.39, 0.29) is 0 Å². The first-order valence-electron chi connectivity index (χ1n) is 6.08. The zero-order valence-corrected chi connectivity index (χ0v) is 11.0. The summed E-state index contributed by atoms with van der Waals surface area (Å²) in [5, 5.41) is 12.0. The molecule has 16 heavy (non-hydrogen) atoms. The molecule has 0 amide bonds. The van der Waals surface area contributed by atoms with E-state index in [1.165, 1.54) is 43.9 Å². The summed E-state index contributed by atoms with van der Waals surface area (Å²) in [7, 11) is 0. The summed E-state index contributed by atoms with van der Waals surface area (Å²) in [5.74, 6) is 0.724. The van der Waals surface area contributed by atoms with Crippen molar-refractivity contribution >= 4 is 16.9 Å². The van der Waals surface area contributed by atoms with Gasteiger partial charge in [-0.15, -0.1) is 0 Å². The Kier molecular flexibility index (Phi) is 6.32. The summed E-state index contributed by atoms with van der Waals surface area (Å²) < 4.78 is 0. The van der Waals surface area contributed by atoms with Crippen LogP contribution in [0.2, 0.25) is 0 Å². The van der Waals surface area contributed by atoms with Crippen molar-refractivity contribution in [2.24, 2.45) is 10.9 Å². The van der Waals surface area contributed by atoms with Crippen molar-refractivity contribution in [3.05, 3.63) is 0 Å². The lowest BCUT2D eigenvalue weighted by Crippen LogP contribution is -2.24. The van der Waals surface area contributed by atoms with Crippen LogP contribution in [-0.2, 0) is 0 Å². The third-order valence-electron chi connectivity index (χ3n) is 3.25. The van der Waals surface area contributed by atoms with Gasteiger partial charge >= 0.3 is 0 Å². The number of hydrogen-bond acceptors (Lipinski definition) is 3. The maximum absolute atomic E-state index is 8.61. The van der Waals surface area contributed by atoms with Gasteiger partial charge in [-0.2, -0.15) is 5.26 Å². The number of nitrogens with zero attached hydrogens (tertiary/aromatic N) is 2. The predicted molar refractivity (Wildman–Crippen MR) is 70.4 cm³/mol. The van der Waals surface area contributed by atoms with Gasteiger partial charge in [-0.3, -0.25) is 10.3 Å². The predicted octanol–water partition coefficient (Wildman–Crippen LogP) is 3.13. The number of hydrogen-bond donors (Lipinski definition) is 1. The Labute approximate surface area is 103 Å². The van der Waals surface area contributed by atoms with Gasteiger partial charge in [0.15, 0.2) is 11.4 Å². The highest BCUT2D eigenvalue weighted by molar-refractivity contribution is 8.13. The fourth-order valence-corrected chi connectivity index (χ4v) is 2.77. The second-order valence-corrected chi connectivity index (χ2v) is 5.04. The van der Waals surface area contributed by atoms with E-state index < -0.39 is 0 Å². The summed E-state index contributed by atoms with van der Waals surface area (Å²) in [6, 6.07) is 0.392. The number of rotatable bonds is 3. The number of nitriles is 1. The SMILES string of the molecule is CCC(N=C(NC#N)SC)C1CCCCC1. The van der Waals surface area contributed by atoms with Crippen LogP contribution in [0.25, 0.3) is 0 Å². The van der Waals surface area contributed by atoms with Crippen LogP contribution in [0.1, 0.15) is 45.4 Å². The molecule has 1 unspecified atom stereocenters. The van der Waals surface area contributed by atoms with Crippen molar-refractivity contribution in [1.82, 2.24) is 5.32 Å². The van der Waals surface area contributed by atoms with Crippen LogP contribution in [0.4, 0.5) is 0 Å². The minimum Gasteiger partial charge on any atom is -0.272 e. The molecular formula is C12H21N3S. The molecule has 90 valence electrons. The largest absolute Gasteiger partial charge is 0.272 e. The molecule has 3 nitrogen and oxygen atoms in total. The first-order chi connectivity index (χ1) is 7.81. The number of nitrogens with one attached hydrogen (secondary N) is 1. The van der Waals surface area contributed by atoms with Crippen LogP contribution in [0.3, 0.4) is 0 Å². The van der Waals surface area contributed by atoms with E-state index in [0.29, 0.717) is 6.04 Å². The van der Waals surface area contributed by atoms with Gasteiger partial charge in [-0.25, -0.2) is 0 Å². The molecule has 0 heterocycles. The molecule has 1 aliphatic carbocycles. The molecule has 0 aliphatic heterocycles. The van der Waals surface area contributed by atoms with Crippen LogP contribution in [0, 0.1) is 17.4 Å². The second-order valence-electron chi connectivity index (χ2n) is 4.25. The van der Waals surface area contributed by atoms with Crippen molar-refractivity contribution in [1.29, 1.82) is 5.26 Å². The van der Waals surface area contributed by atoms with Gasteiger partial charge in [0.2, 0.25) is 0 Å². The second kappa shape index (κ2) is 7.56. The summed E-state index contributed by atoms with van der Waals surface area (Å²) in [4.78, 5) is 4.67. The lowest BCUT2D eigenvalue weighted by Gasteiger charge is -2.27. The van der Waals surface area contributed by atoms with Gasteiger partial charge in [-0.1, -0.05) is 37.9 Å². The first kappa shape index (κ1) is 13.4. The molecule has 1 rings (SSSR count). The molecule has 1 saturated carbocycles. The average Bonchev–Trinajstić information content (AvgIpc) is 2.35. The number of aliphatic imine (C=N–C) groups is 1. The number of thioether (sulfide) groups is 1. The fourth-order valence-electron chi connectivity index (χ4n) is 2.38. The fraction of sp³-hybridized carbons (Fsp3) is 0.833. The molecule has 0 aromatic carbocycles. The van der Waals surface area contributed by atoms with E-state index in [1.807, 2.05) is 12.4 Å². The van der Waals surface area contributed by atoms with Crippen molar-refractivity contribution in [2.75, 3.05) is 6.26 Å². The Morgan fingerprint density at radius 2 is 2.19 bits per heavy atom. The third kappa shape index (κ3) is 4.05. The Hall–Kier alpha value is -0.690.